The van der Waals surface area contributed by atoms with Crippen molar-refractivity contribution in [1.82, 2.24) is 0 Å². The van der Waals surface area contributed by atoms with Crippen molar-refractivity contribution < 1.29 is 27.8 Å². The quantitative estimate of drug-likeness (QED) is 0.489. The number of rotatable bonds is 6. The number of carbonyl (C=O) groups excluding carboxylic acids is 2. The third-order valence-electron chi connectivity index (χ3n) is 4.83. The fourth-order valence-corrected chi connectivity index (χ4v) is 4.35. The van der Waals surface area contributed by atoms with Crippen molar-refractivity contribution in [2.75, 3.05) is 19.1 Å². The van der Waals surface area contributed by atoms with Gasteiger partial charge in [-0.1, -0.05) is 36.0 Å². The van der Waals surface area contributed by atoms with E-state index in [4.69, 9.17) is 9.47 Å². The number of ether oxygens (including phenoxy) is 2. The summed E-state index contributed by atoms with van der Waals surface area (Å²) >= 11 is 1.10. The van der Waals surface area contributed by atoms with Gasteiger partial charge < -0.3 is 9.47 Å². The first kappa shape index (κ1) is 21.6. The molecule has 1 aliphatic rings. The topological polar surface area (TPSA) is 55.8 Å². The minimum atomic E-state index is -1.01. The monoisotopic (exact) mass is 453 g/mol. The lowest BCUT2D eigenvalue weighted by molar-refractivity contribution is -0.119. The van der Waals surface area contributed by atoms with E-state index in [2.05, 4.69) is 0 Å². The molecule has 8 heteroatoms. The molecule has 1 aliphatic heterocycles. The molecule has 0 radical (unpaired) electrons. The highest BCUT2D eigenvalue weighted by Gasteiger charge is 2.41. The van der Waals surface area contributed by atoms with Gasteiger partial charge in [-0.05, 0) is 42.0 Å². The van der Waals surface area contributed by atoms with Crippen LogP contribution in [0.15, 0.2) is 76.5 Å². The second-order valence-electron chi connectivity index (χ2n) is 6.73. The van der Waals surface area contributed by atoms with E-state index < -0.39 is 23.4 Å². The van der Waals surface area contributed by atoms with Gasteiger partial charge >= 0.3 is 0 Å². The molecule has 0 bridgehead atoms. The van der Waals surface area contributed by atoms with Crippen molar-refractivity contribution in [2.45, 2.75) is 4.90 Å². The molecule has 0 saturated heterocycles. The molecule has 0 aliphatic carbocycles. The van der Waals surface area contributed by atoms with Gasteiger partial charge in [-0.15, -0.1) is 0 Å². The molecule has 0 fully saturated rings. The summed E-state index contributed by atoms with van der Waals surface area (Å²) in [6, 6.07) is 16.5. The standard InChI is InChI=1S/C24H17F2NO4S/c1-30-19-11-8-14(12-20(19)31-2)21-22(32-16-6-4-3-5-7-16)24(29)27(23(21)28)18-10-9-15(25)13-17(18)26/h3-13H,1-2H3. The Morgan fingerprint density at radius 3 is 2.19 bits per heavy atom. The van der Waals surface area contributed by atoms with Gasteiger partial charge in [0.05, 0.1) is 30.4 Å². The van der Waals surface area contributed by atoms with Crippen LogP contribution in [0.1, 0.15) is 5.56 Å². The van der Waals surface area contributed by atoms with Crippen LogP contribution in [0.2, 0.25) is 0 Å². The van der Waals surface area contributed by atoms with Crippen LogP contribution in [-0.2, 0) is 9.59 Å². The van der Waals surface area contributed by atoms with E-state index in [0.29, 0.717) is 23.1 Å². The van der Waals surface area contributed by atoms with Crippen LogP contribution < -0.4 is 14.4 Å². The Labute approximate surface area is 187 Å². The third kappa shape index (κ3) is 3.85. The van der Waals surface area contributed by atoms with Gasteiger partial charge in [0, 0.05) is 11.0 Å². The van der Waals surface area contributed by atoms with Gasteiger partial charge in [-0.25, -0.2) is 13.7 Å². The predicted octanol–water partition coefficient (Wildman–Crippen LogP) is 5.06. The molecule has 0 atom stereocenters. The zero-order valence-corrected chi connectivity index (χ0v) is 17.9. The zero-order chi connectivity index (χ0) is 22.8. The molecule has 0 unspecified atom stereocenters. The Morgan fingerprint density at radius 2 is 1.53 bits per heavy atom. The van der Waals surface area contributed by atoms with Gasteiger partial charge in [0.25, 0.3) is 11.8 Å². The highest BCUT2D eigenvalue weighted by Crippen LogP contribution is 2.43. The van der Waals surface area contributed by atoms with E-state index in [1.54, 1.807) is 42.5 Å². The van der Waals surface area contributed by atoms with E-state index in [1.807, 2.05) is 6.07 Å². The fourth-order valence-electron chi connectivity index (χ4n) is 3.34. The van der Waals surface area contributed by atoms with E-state index in [9.17, 15) is 18.4 Å². The number of benzene rings is 3. The fraction of sp³-hybridized carbons (Fsp3) is 0.0833. The molecule has 162 valence electrons. The number of carbonyl (C=O) groups is 2. The van der Waals surface area contributed by atoms with Gasteiger partial charge in [0.15, 0.2) is 11.5 Å². The van der Waals surface area contributed by atoms with Crippen LogP contribution in [0.25, 0.3) is 5.57 Å². The molecular formula is C24H17F2NO4S. The Morgan fingerprint density at radius 1 is 0.812 bits per heavy atom. The minimum Gasteiger partial charge on any atom is -0.493 e. The van der Waals surface area contributed by atoms with Crippen molar-refractivity contribution in [3.05, 3.63) is 88.8 Å². The van der Waals surface area contributed by atoms with E-state index in [0.717, 1.165) is 33.7 Å². The molecule has 0 N–H and O–H groups in total. The maximum Gasteiger partial charge on any atom is 0.273 e. The van der Waals surface area contributed by atoms with E-state index >= 15 is 0 Å². The van der Waals surface area contributed by atoms with E-state index in [-0.39, 0.29) is 16.2 Å². The molecule has 32 heavy (non-hydrogen) atoms. The number of hydrogen-bond donors (Lipinski definition) is 0. The van der Waals surface area contributed by atoms with Crippen molar-refractivity contribution >= 4 is 34.8 Å². The number of methoxy groups -OCH3 is 2. The van der Waals surface area contributed by atoms with Crippen LogP contribution in [-0.4, -0.2) is 26.0 Å². The van der Waals surface area contributed by atoms with Crippen molar-refractivity contribution in [2.24, 2.45) is 0 Å². The number of hydrogen-bond acceptors (Lipinski definition) is 5. The molecule has 0 aromatic heterocycles. The summed E-state index contributed by atoms with van der Waals surface area (Å²) in [5, 5.41) is 0. The molecular weight excluding hydrogens is 436 g/mol. The minimum absolute atomic E-state index is 0.0912. The second-order valence-corrected chi connectivity index (χ2v) is 7.81. The first-order chi connectivity index (χ1) is 15.4. The largest absolute Gasteiger partial charge is 0.493 e. The second kappa shape index (κ2) is 8.84. The normalized spacial score (nSPS) is 13.7. The Kier molecular flexibility index (Phi) is 5.96. The number of amides is 2. The summed E-state index contributed by atoms with van der Waals surface area (Å²) in [5.41, 5.74) is 0.182. The molecule has 3 aromatic rings. The van der Waals surface area contributed by atoms with Crippen LogP contribution >= 0.6 is 11.8 Å². The molecule has 1 heterocycles. The molecule has 5 nitrogen and oxygen atoms in total. The molecule has 2 amide bonds. The lowest BCUT2D eigenvalue weighted by Gasteiger charge is -2.16. The highest BCUT2D eigenvalue weighted by atomic mass is 32.2. The van der Waals surface area contributed by atoms with Crippen molar-refractivity contribution in [3.63, 3.8) is 0 Å². The van der Waals surface area contributed by atoms with Gasteiger partial charge in [-0.3, -0.25) is 9.59 Å². The first-order valence-corrected chi connectivity index (χ1v) is 10.3. The Balaban J connectivity index is 1.87. The summed E-state index contributed by atoms with van der Waals surface area (Å²) in [6.07, 6.45) is 0. The maximum atomic E-state index is 14.5. The zero-order valence-electron chi connectivity index (χ0n) is 17.1. The molecule has 0 spiro atoms. The maximum absolute atomic E-state index is 14.5. The summed E-state index contributed by atoms with van der Waals surface area (Å²) in [6.45, 7) is 0. The Bertz CT molecular complexity index is 1240. The summed E-state index contributed by atoms with van der Waals surface area (Å²) in [4.78, 5) is 28.3. The van der Waals surface area contributed by atoms with Gasteiger partial charge in [0.1, 0.15) is 11.6 Å². The number of anilines is 1. The SMILES string of the molecule is COc1ccc(C2=C(Sc3ccccc3)C(=O)N(c3ccc(F)cc3F)C2=O)cc1OC. The summed E-state index contributed by atoms with van der Waals surface area (Å²) in [5.74, 6) is -2.41. The Hall–Kier alpha value is -3.65. The smallest absolute Gasteiger partial charge is 0.273 e. The first-order valence-electron chi connectivity index (χ1n) is 9.48. The number of thioether (sulfide) groups is 1. The van der Waals surface area contributed by atoms with Crippen molar-refractivity contribution in [3.8, 4) is 11.5 Å². The number of nitrogens with zero attached hydrogens (tertiary/aromatic N) is 1. The predicted molar refractivity (Wildman–Crippen MR) is 118 cm³/mol. The van der Waals surface area contributed by atoms with Crippen LogP contribution in [0, 0.1) is 11.6 Å². The number of halogens is 2. The summed E-state index contributed by atoms with van der Waals surface area (Å²) < 4.78 is 38.5. The van der Waals surface area contributed by atoms with E-state index in [1.165, 1.54) is 14.2 Å². The summed E-state index contributed by atoms with van der Waals surface area (Å²) in [7, 11) is 2.94. The van der Waals surface area contributed by atoms with Gasteiger partial charge in [0.2, 0.25) is 0 Å². The molecule has 4 rings (SSSR count). The van der Waals surface area contributed by atoms with Crippen LogP contribution in [0.3, 0.4) is 0 Å². The average molecular weight is 453 g/mol. The molecule has 3 aromatic carbocycles. The third-order valence-corrected chi connectivity index (χ3v) is 5.92. The molecule has 0 saturated carbocycles. The lowest BCUT2D eigenvalue weighted by atomic mass is 10.1. The van der Waals surface area contributed by atoms with Crippen LogP contribution in [0.5, 0.6) is 11.5 Å². The van der Waals surface area contributed by atoms with Crippen molar-refractivity contribution in [1.29, 1.82) is 0 Å². The van der Waals surface area contributed by atoms with Gasteiger partial charge in [-0.2, -0.15) is 0 Å². The lowest BCUT2D eigenvalue weighted by Crippen LogP contribution is -2.32. The highest BCUT2D eigenvalue weighted by molar-refractivity contribution is 8.04. The number of imide groups is 1. The average Bonchev–Trinajstić information content (AvgIpc) is 3.03. The van der Waals surface area contributed by atoms with Crippen LogP contribution in [0.4, 0.5) is 14.5 Å².